The third-order valence-corrected chi connectivity index (χ3v) is 3.40. The number of hydrogen-bond acceptors (Lipinski definition) is 3. The van der Waals surface area contributed by atoms with E-state index < -0.39 is 17.6 Å². The highest BCUT2D eigenvalue weighted by atomic mass is 16.4. The summed E-state index contributed by atoms with van der Waals surface area (Å²) in [5.74, 6) is -0.338. The fourth-order valence-electron chi connectivity index (χ4n) is 2.35. The van der Waals surface area contributed by atoms with Crippen LogP contribution in [0.15, 0.2) is 0 Å². The number of carbonyl (C=O) groups is 1. The molecule has 0 aromatic heterocycles. The molecule has 1 saturated carbocycles. The van der Waals surface area contributed by atoms with E-state index in [-0.39, 0.29) is 0 Å². The van der Waals surface area contributed by atoms with Crippen LogP contribution in [0.3, 0.4) is 0 Å². The second kappa shape index (κ2) is 3.21. The van der Waals surface area contributed by atoms with Crippen LogP contribution in [0.1, 0.15) is 26.2 Å². The Morgan fingerprint density at radius 1 is 1.57 bits per heavy atom. The first kappa shape index (κ1) is 9.93. The molecular weight excluding hydrogens is 182 g/mol. The fourth-order valence-corrected chi connectivity index (χ4v) is 2.35. The maximum Gasteiger partial charge on any atom is 0.320 e. The summed E-state index contributed by atoms with van der Waals surface area (Å²) in [5, 5.41) is 18.9. The summed E-state index contributed by atoms with van der Waals surface area (Å²) in [6.45, 7) is 2.96. The minimum absolute atomic E-state index is 0.408. The molecule has 0 bridgehead atoms. The summed E-state index contributed by atoms with van der Waals surface area (Å²) in [7, 11) is 0. The van der Waals surface area contributed by atoms with Gasteiger partial charge in [-0.2, -0.15) is 0 Å². The molecule has 4 nitrogen and oxygen atoms in total. The van der Waals surface area contributed by atoms with Crippen LogP contribution in [0.5, 0.6) is 0 Å². The van der Waals surface area contributed by atoms with Crippen molar-refractivity contribution in [3.05, 3.63) is 0 Å². The van der Waals surface area contributed by atoms with E-state index in [0.717, 1.165) is 12.8 Å². The molecule has 1 unspecified atom stereocenters. The molecule has 1 atom stereocenters. The molecule has 2 N–H and O–H groups in total. The van der Waals surface area contributed by atoms with E-state index in [2.05, 4.69) is 0 Å². The molecule has 1 heterocycles. The number of rotatable bonds is 4. The van der Waals surface area contributed by atoms with Gasteiger partial charge in [0.15, 0.2) is 0 Å². The molecule has 80 valence electrons. The number of hydrogen-bond donors (Lipinski definition) is 2. The highest BCUT2D eigenvalue weighted by molar-refractivity contribution is 5.73. The van der Waals surface area contributed by atoms with Crippen LogP contribution < -0.4 is 0 Å². The third-order valence-electron chi connectivity index (χ3n) is 3.40. The Hall–Kier alpha value is -0.610. The number of aliphatic carboxylic acids is 1. The quantitative estimate of drug-likeness (QED) is 0.684. The van der Waals surface area contributed by atoms with Gasteiger partial charge < -0.3 is 10.2 Å². The van der Waals surface area contributed by atoms with E-state index in [0.29, 0.717) is 25.4 Å². The van der Waals surface area contributed by atoms with E-state index in [1.807, 2.05) is 11.8 Å². The molecule has 0 aromatic rings. The molecule has 1 aliphatic carbocycles. The second-order valence-electron chi connectivity index (χ2n) is 4.55. The molecule has 1 saturated heterocycles. The number of aliphatic hydroxyl groups is 1. The minimum Gasteiger partial charge on any atom is -0.480 e. The van der Waals surface area contributed by atoms with Gasteiger partial charge >= 0.3 is 5.97 Å². The predicted molar refractivity (Wildman–Crippen MR) is 51.0 cm³/mol. The van der Waals surface area contributed by atoms with Crippen molar-refractivity contribution >= 4 is 5.97 Å². The van der Waals surface area contributed by atoms with Crippen molar-refractivity contribution < 1.29 is 15.0 Å². The topological polar surface area (TPSA) is 60.8 Å². The monoisotopic (exact) mass is 199 g/mol. The van der Waals surface area contributed by atoms with Gasteiger partial charge in [-0.25, -0.2) is 0 Å². The molecule has 0 amide bonds. The van der Waals surface area contributed by atoms with Crippen molar-refractivity contribution in [2.24, 2.45) is 5.92 Å². The predicted octanol–water partition coefficient (Wildman–Crippen LogP) is 0.306. The van der Waals surface area contributed by atoms with Crippen LogP contribution in [0.25, 0.3) is 0 Å². The first-order chi connectivity index (χ1) is 6.57. The Labute approximate surface area is 83.5 Å². The Morgan fingerprint density at radius 2 is 2.14 bits per heavy atom. The van der Waals surface area contributed by atoms with Crippen molar-refractivity contribution in [1.29, 1.82) is 0 Å². The maximum absolute atomic E-state index is 10.8. The second-order valence-corrected chi connectivity index (χ2v) is 4.55. The Bertz CT molecular complexity index is 244. The summed E-state index contributed by atoms with van der Waals surface area (Å²) in [5.41, 5.74) is -0.567. The van der Waals surface area contributed by atoms with Crippen molar-refractivity contribution in [2.45, 2.75) is 37.8 Å². The fraction of sp³-hybridized carbons (Fsp3) is 0.900. The van der Waals surface area contributed by atoms with Crippen LogP contribution in [0, 0.1) is 5.92 Å². The van der Waals surface area contributed by atoms with Crippen LogP contribution in [0.4, 0.5) is 0 Å². The van der Waals surface area contributed by atoms with E-state index in [9.17, 15) is 9.90 Å². The highest BCUT2D eigenvalue weighted by Gasteiger charge is 2.53. The van der Waals surface area contributed by atoms with Gasteiger partial charge in [0.05, 0.1) is 5.60 Å². The van der Waals surface area contributed by atoms with Crippen molar-refractivity contribution in [3.8, 4) is 0 Å². The van der Waals surface area contributed by atoms with Gasteiger partial charge in [-0.05, 0) is 25.2 Å². The third kappa shape index (κ3) is 1.53. The smallest absolute Gasteiger partial charge is 0.320 e. The summed E-state index contributed by atoms with van der Waals surface area (Å²) in [6.07, 6.45) is 2.82. The van der Waals surface area contributed by atoms with Crippen LogP contribution >= 0.6 is 0 Å². The van der Waals surface area contributed by atoms with E-state index in [1.165, 1.54) is 0 Å². The lowest BCUT2D eigenvalue weighted by Crippen LogP contribution is -2.67. The molecule has 0 aromatic carbocycles. The first-order valence-electron chi connectivity index (χ1n) is 5.26. The van der Waals surface area contributed by atoms with Gasteiger partial charge in [-0.15, -0.1) is 0 Å². The summed E-state index contributed by atoms with van der Waals surface area (Å²) >= 11 is 0. The summed E-state index contributed by atoms with van der Waals surface area (Å²) in [4.78, 5) is 12.7. The molecule has 0 radical (unpaired) electrons. The molecule has 2 aliphatic rings. The summed E-state index contributed by atoms with van der Waals surface area (Å²) < 4.78 is 0. The SMILES string of the molecule is CCC(C(=O)O)N1CC(O)(C2CC2)C1. The lowest BCUT2D eigenvalue weighted by Gasteiger charge is -2.49. The van der Waals surface area contributed by atoms with Crippen molar-refractivity contribution in [2.75, 3.05) is 13.1 Å². The number of carboxylic acid groups (broad SMARTS) is 1. The Balaban J connectivity index is 1.88. The first-order valence-corrected chi connectivity index (χ1v) is 5.26. The van der Waals surface area contributed by atoms with E-state index in [4.69, 9.17) is 5.11 Å². The molecule has 14 heavy (non-hydrogen) atoms. The standard InChI is InChI=1S/C10H17NO3/c1-2-8(9(12)13)11-5-10(14,6-11)7-3-4-7/h7-8,14H,2-6H2,1H3,(H,12,13). The van der Waals surface area contributed by atoms with E-state index in [1.54, 1.807) is 0 Å². The average Bonchev–Trinajstić information content (AvgIpc) is 2.83. The summed E-state index contributed by atoms with van der Waals surface area (Å²) in [6, 6.07) is -0.408. The number of nitrogens with zero attached hydrogens (tertiary/aromatic N) is 1. The van der Waals surface area contributed by atoms with Gasteiger partial charge in [0, 0.05) is 13.1 Å². The molecule has 2 fully saturated rings. The van der Waals surface area contributed by atoms with Gasteiger partial charge in [0.25, 0.3) is 0 Å². The van der Waals surface area contributed by atoms with E-state index >= 15 is 0 Å². The van der Waals surface area contributed by atoms with Crippen LogP contribution in [-0.2, 0) is 4.79 Å². The molecule has 0 spiro atoms. The van der Waals surface area contributed by atoms with Crippen molar-refractivity contribution in [3.63, 3.8) is 0 Å². The Kier molecular flexibility index (Phi) is 2.27. The lowest BCUT2D eigenvalue weighted by molar-refractivity contribution is -0.162. The zero-order valence-electron chi connectivity index (χ0n) is 8.44. The van der Waals surface area contributed by atoms with Crippen molar-refractivity contribution in [1.82, 2.24) is 4.90 Å². The van der Waals surface area contributed by atoms with Gasteiger partial charge in [0.1, 0.15) is 6.04 Å². The largest absolute Gasteiger partial charge is 0.480 e. The van der Waals surface area contributed by atoms with Crippen LogP contribution in [-0.4, -0.2) is 45.8 Å². The minimum atomic E-state index is -0.773. The number of carboxylic acids is 1. The van der Waals surface area contributed by atoms with Gasteiger partial charge in [-0.3, -0.25) is 9.69 Å². The normalized spacial score (nSPS) is 28.1. The molecule has 2 rings (SSSR count). The lowest BCUT2D eigenvalue weighted by atomic mass is 9.87. The highest BCUT2D eigenvalue weighted by Crippen LogP contribution is 2.45. The number of β-amino-alcohol motifs (C(OH)–C–C–N with tert-alkyl or cyclic N) is 1. The zero-order valence-corrected chi connectivity index (χ0v) is 8.44. The molecule has 1 aliphatic heterocycles. The Morgan fingerprint density at radius 3 is 2.50 bits per heavy atom. The number of likely N-dealkylation sites (tertiary alicyclic amines) is 1. The molecular formula is C10H17NO3. The van der Waals surface area contributed by atoms with Crippen LogP contribution in [0.2, 0.25) is 0 Å². The van der Waals surface area contributed by atoms with Gasteiger partial charge in [-0.1, -0.05) is 6.92 Å². The molecule has 4 heteroatoms. The average molecular weight is 199 g/mol. The zero-order chi connectivity index (χ0) is 10.3. The van der Waals surface area contributed by atoms with Gasteiger partial charge in [0.2, 0.25) is 0 Å². The maximum atomic E-state index is 10.8.